The summed E-state index contributed by atoms with van der Waals surface area (Å²) < 4.78 is 18.9. The summed E-state index contributed by atoms with van der Waals surface area (Å²) in [6, 6.07) is 14.2. The van der Waals surface area contributed by atoms with Crippen molar-refractivity contribution in [1.29, 1.82) is 0 Å². The van der Waals surface area contributed by atoms with E-state index in [1.807, 2.05) is 18.2 Å². The summed E-state index contributed by atoms with van der Waals surface area (Å²) in [5.41, 5.74) is 0.693. The van der Waals surface area contributed by atoms with Gasteiger partial charge in [0.15, 0.2) is 0 Å². The molecular weight excluding hydrogens is 309 g/mol. The number of carbonyl (C=O) groups is 2. The van der Waals surface area contributed by atoms with Crippen LogP contribution in [0.5, 0.6) is 0 Å². The number of ether oxygens (including phenoxy) is 1. The fourth-order valence-corrected chi connectivity index (χ4v) is 2.30. The molecular formula is C19H20FNO3. The molecule has 0 aliphatic heterocycles. The molecule has 0 saturated heterocycles. The van der Waals surface area contributed by atoms with Crippen molar-refractivity contribution in [3.05, 3.63) is 71.5 Å². The molecule has 1 amide bonds. The van der Waals surface area contributed by atoms with E-state index in [0.29, 0.717) is 0 Å². The van der Waals surface area contributed by atoms with Crippen molar-refractivity contribution in [3.63, 3.8) is 0 Å². The third-order valence-corrected chi connectivity index (χ3v) is 3.36. The highest BCUT2D eigenvalue weighted by Crippen LogP contribution is 2.19. The number of hydrogen-bond acceptors (Lipinski definition) is 3. The van der Waals surface area contributed by atoms with Crippen LogP contribution in [0.4, 0.5) is 4.39 Å². The first-order chi connectivity index (χ1) is 11.5. The highest BCUT2D eigenvalue weighted by molar-refractivity contribution is 5.95. The Bertz CT molecular complexity index is 701. The van der Waals surface area contributed by atoms with Gasteiger partial charge < -0.3 is 10.1 Å². The van der Waals surface area contributed by atoms with Crippen LogP contribution in [-0.2, 0) is 9.53 Å². The summed E-state index contributed by atoms with van der Waals surface area (Å²) in [6.45, 7) is 3.51. The number of nitrogens with one attached hydrogen (secondary N) is 1. The lowest BCUT2D eigenvalue weighted by molar-refractivity contribution is -0.147. The van der Waals surface area contributed by atoms with E-state index in [9.17, 15) is 14.0 Å². The summed E-state index contributed by atoms with van der Waals surface area (Å²) >= 11 is 0. The van der Waals surface area contributed by atoms with Crippen LogP contribution in [0.15, 0.2) is 54.6 Å². The van der Waals surface area contributed by atoms with E-state index in [-0.39, 0.29) is 18.1 Å². The summed E-state index contributed by atoms with van der Waals surface area (Å²) in [7, 11) is 0. The number of amides is 1. The monoisotopic (exact) mass is 329 g/mol. The summed E-state index contributed by atoms with van der Waals surface area (Å²) in [6.07, 6.45) is -0.265. The maximum Gasteiger partial charge on any atom is 0.308 e. The second-order valence-electron chi connectivity index (χ2n) is 5.66. The lowest BCUT2D eigenvalue weighted by Crippen LogP contribution is -2.31. The van der Waals surface area contributed by atoms with Gasteiger partial charge in [-0.1, -0.05) is 42.5 Å². The van der Waals surface area contributed by atoms with Crippen molar-refractivity contribution in [2.75, 3.05) is 0 Å². The van der Waals surface area contributed by atoms with Crippen molar-refractivity contribution >= 4 is 11.9 Å². The van der Waals surface area contributed by atoms with Crippen molar-refractivity contribution in [2.24, 2.45) is 0 Å². The maximum atomic E-state index is 13.8. The zero-order valence-corrected chi connectivity index (χ0v) is 13.7. The molecule has 5 heteroatoms. The van der Waals surface area contributed by atoms with Gasteiger partial charge in [0.1, 0.15) is 5.82 Å². The first-order valence-corrected chi connectivity index (χ1v) is 7.77. The maximum absolute atomic E-state index is 13.8. The third-order valence-electron chi connectivity index (χ3n) is 3.36. The fourth-order valence-electron chi connectivity index (χ4n) is 2.30. The quantitative estimate of drug-likeness (QED) is 0.823. The lowest BCUT2D eigenvalue weighted by atomic mass is 10.0. The SMILES string of the molecule is CC(C)OC(=O)CC(NC(=O)c1ccccc1F)c1ccccc1. The number of halogens is 1. The van der Waals surface area contributed by atoms with Crippen molar-refractivity contribution < 1.29 is 18.7 Å². The Hall–Kier alpha value is -2.69. The molecule has 24 heavy (non-hydrogen) atoms. The van der Waals surface area contributed by atoms with E-state index >= 15 is 0 Å². The van der Waals surface area contributed by atoms with Gasteiger partial charge in [0.2, 0.25) is 0 Å². The van der Waals surface area contributed by atoms with Crippen LogP contribution in [0.2, 0.25) is 0 Å². The molecule has 0 bridgehead atoms. The number of rotatable bonds is 6. The van der Waals surface area contributed by atoms with Crippen molar-refractivity contribution in [2.45, 2.75) is 32.4 Å². The minimum Gasteiger partial charge on any atom is -0.463 e. The molecule has 1 N–H and O–H groups in total. The number of benzene rings is 2. The van der Waals surface area contributed by atoms with Crippen LogP contribution in [0.3, 0.4) is 0 Å². The summed E-state index contributed by atoms with van der Waals surface area (Å²) in [5.74, 6) is -1.60. The molecule has 0 aromatic heterocycles. The first-order valence-electron chi connectivity index (χ1n) is 7.77. The topological polar surface area (TPSA) is 55.4 Å². The molecule has 0 aliphatic carbocycles. The van der Waals surface area contributed by atoms with Gasteiger partial charge in [-0.15, -0.1) is 0 Å². The molecule has 2 aromatic rings. The molecule has 0 aliphatic rings. The number of esters is 1. The smallest absolute Gasteiger partial charge is 0.308 e. The second kappa shape index (κ2) is 8.24. The van der Waals surface area contributed by atoms with Crippen LogP contribution < -0.4 is 5.32 Å². The number of hydrogen-bond donors (Lipinski definition) is 1. The Morgan fingerprint density at radius 2 is 1.67 bits per heavy atom. The second-order valence-corrected chi connectivity index (χ2v) is 5.66. The van der Waals surface area contributed by atoms with Crippen LogP contribution in [0.25, 0.3) is 0 Å². The van der Waals surface area contributed by atoms with Crippen molar-refractivity contribution in [1.82, 2.24) is 5.32 Å². The van der Waals surface area contributed by atoms with Crippen molar-refractivity contribution in [3.8, 4) is 0 Å². The largest absolute Gasteiger partial charge is 0.463 e. The molecule has 0 spiro atoms. The Kier molecular flexibility index (Phi) is 6.07. The zero-order chi connectivity index (χ0) is 17.5. The Balaban J connectivity index is 2.18. The van der Waals surface area contributed by atoms with E-state index in [1.54, 1.807) is 32.0 Å². The molecule has 4 nitrogen and oxygen atoms in total. The van der Waals surface area contributed by atoms with E-state index in [4.69, 9.17) is 4.74 Å². The lowest BCUT2D eigenvalue weighted by Gasteiger charge is -2.19. The third kappa shape index (κ3) is 4.91. The summed E-state index contributed by atoms with van der Waals surface area (Å²) in [4.78, 5) is 24.3. The van der Waals surface area contributed by atoms with Gasteiger partial charge in [-0.3, -0.25) is 9.59 Å². The fraction of sp³-hybridized carbons (Fsp3) is 0.263. The van der Waals surface area contributed by atoms with E-state index in [1.165, 1.54) is 18.2 Å². The minimum atomic E-state index is -0.605. The van der Waals surface area contributed by atoms with Gasteiger partial charge in [0.25, 0.3) is 5.91 Å². The molecule has 0 saturated carbocycles. The van der Waals surface area contributed by atoms with Gasteiger partial charge in [0.05, 0.1) is 24.1 Å². The standard InChI is InChI=1S/C19H20FNO3/c1-13(2)24-18(22)12-17(14-8-4-3-5-9-14)21-19(23)15-10-6-7-11-16(15)20/h3-11,13,17H,12H2,1-2H3,(H,21,23). The summed E-state index contributed by atoms with van der Waals surface area (Å²) in [5, 5.41) is 2.71. The molecule has 1 unspecified atom stereocenters. The Morgan fingerprint density at radius 3 is 2.29 bits per heavy atom. The average Bonchev–Trinajstić information content (AvgIpc) is 2.54. The molecule has 0 radical (unpaired) electrons. The van der Waals surface area contributed by atoms with E-state index < -0.39 is 23.7 Å². The van der Waals surface area contributed by atoms with Gasteiger partial charge in [-0.25, -0.2) is 4.39 Å². The van der Waals surface area contributed by atoms with Gasteiger partial charge >= 0.3 is 5.97 Å². The zero-order valence-electron chi connectivity index (χ0n) is 13.7. The molecule has 2 rings (SSSR count). The highest BCUT2D eigenvalue weighted by atomic mass is 19.1. The Morgan fingerprint density at radius 1 is 1.04 bits per heavy atom. The normalized spacial score (nSPS) is 11.8. The first kappa shape index (κ1) is 17.7. The molecule has 1 atom stereocenters. The predicted molar refractivity (Wildman–Crippen MR) is 88.9 cm³/mol. The Labute approximate surface area is 140 Å². The van der Waals surface area contributed by atoms with E-state index in [2.05, 4.69) is 5.32 Å². The molecule has 2 aromatic carbocycles. The van der Waals surface area contributed by atoms with E-state index in [0.717, 1.165) is 5.56 Å². The molecule has 0 fully saturated rings. The van der Waals surface area contributed by atoms with Gasteiger partial charge in [0, 0.05) is 0 Å². The minimum absolute atomic E-state index is 0.0254. The predicted octanol–water partition coefficient (Wildman–Crippen LogP) is 3.64. The van der Waals surface area contributed by atoms with Crippen LogP contribution in [0, 0.1) is 5.82 Å². The van der Waals surface area contributed by atoms with Crippen LogP contribution in [0.1, 0.15) is 42.2 Å². The van der Waals surface area contributed by atoms with Gasteiger partial charge in [-0.05, 0) is 31.5 Å². The van der Waals surface area contributed by atoms with Gasteiger partial charge in [-0.2, -0.15) is 0 Å². The van der Waals surface area contributed by atoms with Crippen LogP contribution in [-0.4, -0.2) is 18.0 Å². The molecule has 126 valence electrons. The van der Waals surface area contributed by atoms with Crippen LogP contribution >= 0.6 is 0 Å². The number of carbonyl (C=O) groups excluding carboxylic acids is 2. The molecule has 0 heterocycles. The highest BCUT2D eigenvalue weighted by Gasteiger charge is 2.21. The average molecular weight is 329 g/mol.